The molecule has 1 N–H and O–H groups in total. The Labute approximate surface area is 118 Å². The predicted molar refractivity (Wildman–Crippen MR) is 82.8 cm³/mol. The number of sulfonamides is 1. The molecule has 0 aliphatic heterocycles. The van der Waals surface area contributed by atoms with Crippen molar-refractivity contribution in [1.29, 1.82) is 0 Å². The van der Waals surface area contributed by atoms with Crippen molar-refractivity contribution in [3.8, 4) is 0 Å². The third-order valence-electron chi connectivity index (χ3n) is 3.42. The molecule has 3 rings (SSSR count). The minimum absolute atomic E-state index is 0.0744. The van der Waals surface area contributed by atoms with E-state index in [4.69, 9.17) is 0 Å². The summed E-state index contributed by atoms with van der Waals surface area (Å²) in [6.45, 7) is 3.48. The second-order valence-corrected chi connectivity index (χ2v) is 6.62. The van der Waals surface area contributed by atoms with Crippen LogP contribution in [0, 0.1) is 0 Å². The van der Waals surface area contributed by atoms with Crippen LogP contribution in [0.3, 0.4) is 0 Å². The molecule has 0 amide bonds. The fourth-order valence-electron chi connectivity index (χ4n) is 2.60. The number of nitrogens with one attached hydrogen (secondary N) is 1. The van der Waals surface area contributed by atoms with E-state index in [2.05, 4.69) is 11.3 Å². The van der Waals surface area contributed by atoms with Crippen LogP contribution in [0.1, 0.15) is 17.2 Å². The highest BCUT2D eigenvalue weighted by atomic mass is 32.2. The molecule has 3 nitrogen and oxygen atoms in total. The molecule has 0 spiro atoms. The van der Waals surface area contributed by atoms with Gasteiger partial charge in [-0.15, -0.1) is 6.58 Å². The van der Waals surface area contributed by atoms with Crippen LogP contribution in [0.25, 0.3) is 16.8 Å². The van der Waals surface area contributed by atoms with Crippen molar-refractivity contribution in [2.75, 3.05) is 5.75 Å². The quantitative estimate of drug-likeness (QED) is 0.878. The first-order valence-corrected chi connectivity index (χ1v) is 8.07. The zero-order chi connectivity index (χ0) is 14.2. The van der Waals surface area contributed by atoms with Gasteiger partial charge in [0.25, 0.3) is 0 Å². The van der Waals surface area contributed by atoms with E-state index in [1.54, 1.807) is 0 Å². The summed E-state index contributed by atoms with van der Waals surface area (Å²) in [6, 6.07) is 11.7. The van der Waals surface area contributed by atoms with Crippen molar-refractivity contribution in [3.05, 3.63) is 66.3 Å². The lowest BCUT2D eigenvalue weighted by Gasteiger charge is -2.22. The van der Waals surface area contributed by atoms with Gasteiger partial charge >= 0.3 is 0 Å². The second-order valence-electron chi connectivity index (χ2n) is 4.82. The number of hydrogen-bond donors (Lipinski definition) is 1. The molecule has 0 heterocycles. The van der Waals surface area contributed by atoms with Crippen molar-refractivity contribution in [2.24, 2.45) is 0 Å². The van der Waals surface area contributed by atoms with E-state index in [0.29, 0.717) is 0 Å². The van der Waals surface area contributed by atoms with Crippen LogP contribution in [0.15, 0.2) is 55.1 Å². The van der Waals surface area contributed by atoms with Crippen LogP contribution < -0.4 is 4.72 Å². The summed E-state index contributed by atoms with van der Waals surface area (Å²) in [5, 5.41) is 2.24. The maximum absolute atomic E-state index is 11.9. The summed E-state index contributed by atoms with van der Waals surface area (Å²) in [5.74, 6) is -0.0744. The van der Waals surface area contributed by atoms with Crippen molar-refractivity contribution >= 4 is 26.9 Å². The van der Waals surface area contributed by atoms with Gasteiger partial charge in [0.15, 0.2) is 0 Å². The summed E-state index contributed by atoms with van der Waals surface area (Å²) >= 11 is 0. The first-order chi connectivity index (χ1) is 9.61. The zero-order valence-corrected chi connectivity index (χ0v) is 11.7. The largest absolute Gasteiger partial charge is 0.216 e. The highest BCUT2D eigenvalue weighted by Gasteiger charge is 2.21. The Kier molecular flexibility index (Phi) is 3.20. The molecule has 0 fully saturated rings. The molecule has 20 heavy (non-hydrogen) atoms. The Bertz CT molecular complexity index is 801. The van der Waals surface area contributed by atoms with E-state index < -0.39 is 10.0 Å². The molecule has 1 atom stereocenters. The lowest BCUT2D eigenvalue weighted by atomic mass is 9.91. The molecule has 0 bridgehead atoms. The van der Waals surface area contributed by atoms with E-state index in [-0.39, 0.29) is 11.8 Å². The van der Waals surface area contributed by atoms with Crippen LogP contribution in [-0.2, 0) is 10.0 Å². The normalized spacial score (nSPS) is 17.3. The Hall–Kier alpha value is -1.91. The minimum Gasteiger partial charge on any atom is -0.212 e. The van der Waals surface area contributed by atoms with Crippen LogP contribution in [0.2, 0.25) is 0 Å². The third-order valence-corrected chi connectivity index (χ3v) is 4.70. The smallest absolute Gasteiger partial charge is 0.212 e. The van der Waals surface area contributed by atoms with E-state index in [9.17, 15) is 8.42 Å². The topological polar surface area (TPSA) is 46.2 Å². The third kappa shape index (κ3) is 2.28. The number of benzene rings is 2. The monoisotopic (exact) mass is 285 g/mol. The van der Waals surface area contributed by atoms with Gasteiger partial charge in [-0.05, 0) is 21.9 Å². The first kappa shape index (κ1) is 13.1. The van der Waals surface area contributed by atoms with Gasteiger partial charge in [0, 0.05) is 0 Å². The van der Waals surface area contributed by atoms with Crippen LogP contribution in [0.4, 0.5) is 0 Å². The molecule has 0 radical (unpaired) electrons. The van der Waals surface area contributed by atoms with E-state index >= 15 is 0 Å². The van der Waals surface area contributed by atoms with E-state index in [0.717, 1.165) is 21.9 Å². The molecule has 0 aromatic heterocycles. The molecular weight excluding hydrogens is 270 g/mol. The molecule has 0 saturated heterocycles. The van der Waals surface area contributed by atoms with E-state index in [1.165, 1.54) is 6.08 Å². The van der Waals surface area contributed by atoms with Gasteiger partial charge in [-0.1, -0.05) is 54.6 Å². The van der Waals surface area contributed by atoms with Crippen LogP contribution in [0.5, 0.6) is 0 Å². The molecule has 1 aliphatic carbocycles. The van der Waals surface area contributed by atoms with Gasteiger partial charge in [-0.25, -0.2) is 13.1 Å². The fraction of sp³-hybridized carbons (Fsp3) is 0.125. The predicted octanol–water partition coefficient (Wildman–Crippen LogP) is 3.01. The maximum Gasteiger partial charge on any atom is 0.216 e. The molecule has 4 heteroatoms. The van der Waals surface area contributed by atoms with Crippen molar-refractivity contribution < 1.29 is 8.42 Å². The SMILES string of the molecule is C=CCS(=O)(=O)NC1C=Cc2cccc3cccc1c23. The molecule has 2 aromatic carbocycles. The Balaban J connectivity index is 2.08. The highest BCUT2D eigenvalue weighted by Crippen LogP contribution is 2.33. The van der Waals surface area contributed by atoms with Gasteiger partial charge in [0.05, 0.1) is 11.8 Å². The average molecular weight is 285 g/mol. The minimum atomic E-state index is -3.35. The van der Waals surface area contributed by atoms with Gasteiger partial charge < -0.3 is 0 Å². The first-order valence-electron chi connectivity index (χ1n) is 6.41. The second kappa shape index (κ2) is 4.89. The number of hydrogen-bond acceptors (Lipinski definition) is 2. The van der Waals surface area contributed by atoms with Crippen molar-refractivity contribution in [2.45, 2.75) is 6.04 Å². The fourth-order valence-corrected chi connectivity index (χ4v) is 3.60. The van der Waals surface area contributed by atoms with Crippen LogP contribution in [-0.4, -0.2) is 14.2 Å². The van der Waals surface area contributed by atoms with E-state index in [1.807, 2.05) is 48.6 Å². The zero-order valence-electron chi connectivity index (χ0n) is 10.9. The lowest BCUT2D eigenvalue weighted by Crippen LogP contribution is -2.29. The molecule has 2 aromatic rings. The van der Waals surface area contributed by atoms with Crippen LogP contribution >= 0.6 is 0 Å². The molecule has 0 saturated carbocycles. The highest BCUT2D eigenvalue weighted by molar-refractivity contribution is 7.89. The molecule has 102 valence electrons. The summed E-state index contributed by atoms with van der Waals surface area (Å²) in [6.07, 6.45) is 5.25. The van der Waals surface area contributed by atoms with Crippen molar-refractivity contribution in [1.82, 2.24) is 4.72 Å². The maximum atomic E-state index is 11.9. The summed E-state index contributed by atoms with van der Waals surface area (Å²) in [5.41, 5.74) is 2.12. The molecule has 1 aliphatic rings. The lowest BCUT2D eigenvalue weighted by molar-refractivity contribution is 0.578. The average Bonchev–Trinajstić information content (AvgIpc) is 2.42. The standard InChI is InChI=1S/C16H15NO2S/c1-2-11-20(18,19)17-15-10-9-13-6-3-5-12-7-4-8-14(15)16(12)13/h2-10,15,17H,1,11H2. The van der Waals surface area contributed by atoms with Gasteiger partial charge in [0.1, 0.15) is 0 Å². The van der Waals surface area contributed by atoms with Gasteiger partial charge in [0.2, 0.25) is 10.0 Å². The summed E-state index contributed by atoms with van der Waals surface area (Å²) < 4.78 is 26.5. The van der Waals surface area contributed by atoms with Crippen molar-refractivity contribution in [3.63, 3.8) is 0 Å². The molecule has 1 unspecified atom stereocenters. The van der Waals surface area contributed by atoms with Gasteiger partial charge in [-0.2, -0.15) is 0 Å². The Morgan fingerprint density at radius 3 is 2.70 bits per heavy atom. The van der Waals surface area contributed by atoms with Gasteiger partial charge in [-0.3, -0.25) is 0 Å². The number of rotatable bonds is 4. The Morgan fingerprint density at radius 2 is 1.95 bits per heavy atom. The molecular formula is C16H15NO2S. The Morgan fingerprint density at radius 1 is 1.20 bits per heavy atom. The summed E-state index contributed by atoms with van der Waals surface area (Å²) in [4.78, 5) is 0. The summed E-state index contributed by atoms with van der Waals surface area (Å²) in [7, 11) is -3.35.